The smallest absolute Gasteiger partial charge is 0.416 e. The Hall–Kier alpha value is -3.73. The SMILES string of the molecule is O=C(Nc1ccc(S(=O)(=O)Nc2cccc(C(F)(F)F)c2)cc1)[C@@H]1COc2ccccc2O1. The predicted octanol–water partition coefficient (Wildman–Crippen LogP) is 4.28. The molecule has 0 aliphatic carbocycles. The number of ether oxygens (including phenoxy) is 2. The number of para-hydroxylation sites is 2. The van der Waals surface area contributed by atoms with Crippen molar-refractivity contribution >= 4 is 27.3 Å². The molecule has 11 heteroatoms. The third-order valence-corrected chi connectivity index (χ3v) is 6.07. The molecule has 0 bridgehead atoms. The van der Waals surface area contributed by atoms with Crippen LogP contribution in [0.15, 0.2) is 77.7 Å². The molecule has 3 aromatic rings. The molecule has 4 rings (SSSR count). The lowest BCUT2D eigenvalue weighted by Gasteiger charge is -2.25. The van der Waals surface area contributed by atoms with Gasteiger partial charge in [-0.05, 0) is 54.6 Å². The van der Waals surface area contributed by atoms with Crippen molar-refractivity contribution in [3.63, 3.8) is 0 Å². The Kier molecular flexibility index (Phi) is 5.90. The largest absolute Gasteiger partial charge is 0.485 e. The topological polar surface area (TPSA) is 93.7 Å². The second kappa shape index (κ2) is 8.66. The van der Waals surface area contributed by atoms with Gasteiger partial charge < -0.3 is 14.8 Å². The Morgan fingerprint density at radius 2 is 1.61 bits per heavy atom. The maximum Gasteiger partial charge on any atom is 0.416 e. The number of benzene rings is 3. The molecule has 0 fully saturated rings. The van der Waals surface area contributed by atoms with Crippen LogP contribution in [0.2, 0.25) is 0 Å². The van der Waals surface area contributed by atoms with E-state index in [0.717, 1.165) is 12.1 Å². The van der Waals surface area contributed by atoms with E-state index >= 15 is 0 Å². The zero-order valence-corrected chi connectivity index (χ0v) is 17.6. The number of carbonyl (C=O) groups is 1. The molecule has 172 valence electrons. The summed E-state index contributed by atoms with van der Waals surface area (Å²) in [5, 5.41) is 2.61. The summed E-state index contributed by atoms with van der Waals surface area (Å²) in [4.78, 5) is 12.3. The minimum atomic E-state index is -4.60. The molecule has 0 spiro atoms. The number of alkyl halides is 3. The first-order valence-electron chi connectivity index (χ1n) is 9.61. The van der Waals surface area contributed by atoms with Gasteiger partial charge in [-0.3, -0.25) is 9.52 Å². The Morgan fingerprint density at radius 1 is 0.909 bits per heavy atom. The van der Waals surface area contributed by atoms with Gasteiger partial charge in [-0.1, -0.05) is 18.2 Å². The van der Waals surface area contributed by atoms with Crippen LogP contribution in [0.4, 0.5) is 24.5 Å². The normalized spacial score (nSPS) is 15.5. The van der Waals surface area contributed by atoms with Crippen molar-refractivity contribution in [3.05, 3.63) is 78.4 Å². The van der Waals surface area contributed by atoms with Crippen molar-refractivity contribution in [1.82, 2.24) is 0 Å². The number of hydrogen-bond acceptors (Lipinski definition) is 5. The van der Waals surface area contributed by atoms with Crippen LogP contribution < -0.4 is 19.5 Å². The fourth-order valence-electron chi connectivity index (χ4n) is 3.06. The van der Waals surface area contributed by atoms with Gasteiger partial charge in [0, 0.05) is 11.4 Å². The first-order valence-corrected chi connectivity index (χ1v) is 11.1. The standard InChI is InChI=1S/C22H17F3N2O5S/c23-22(24,25)14-4-3-5-16(12-14)27-33(29,30)17-10-8-15(9-11-17)26-21(28)20-13-31-18-6-1-2-7-19(18)32-20/h1-12,20,27H,13H2,(H,26,28)/t20-/m0/s1. The number of sulfonamides is 1. The molecule has 1 aliphatic rings. The molecule has 0 saturated heterocycles. The van der Waals surface area contributed by atoms with Gasteiger partial charge in [0.1, 0.15) is 6.61 Å². The highest BCUT2D eigenvalue weighted by molar-refractivity contribution is 7.92. The van der Waals surface area contributed by atoms with Crippen LogP contribution in [0.25, 0.3) is 0 Å². The van der Waals surface area contributed by atoms with E-state index in [0.29, 0.717) is 23.3 Å². The van der Waals surface area contributed by atoms with Gasteiger partial charge in [0.05, 0.1) is 10.5 Å². The average molecular weight is 478 g/mol. The highest BCUT2D eigenvalue weighted by Gasteiger charge is 2.31. The van der Waals surface area contributed by atoms with Crippen LogP contribution in [0.1, 0.15) is 5.56 Å². The van der Waals surface area contributed by atoms with Gasteiger partial charge in [0.2, 0.25) is 6.10 Å². The van der Waals surface area contributed by atoms with Crippen LogP contribution in [-0.2, 0) is 21.0 Å². The Bertz CT molecular complexity index is 1280. The molecule has 1 heterocycles. The van der Waals surface area contributed by atoms with E-state index < -0.39 is 33.8 Å². The molecule has 2 N–H and O–H groups in total. The second-order valence-corrected chi connectivity index (χ2v) is 8.74. The molecular formula is C22H17F3N2O5S. The van der Waals surface area contributed by atoms with Gasteiger partial charge in [-0.25, -0.2) is 8.42 Å². The van der Waals surface area contributed by atoms with Gasteiger partial charge >= 0.3 is 6.18 Å². The minimum absolute atomic E-state index is 0.0101. The third kappa shape index (κ3) is 5.20. The zero-order valence-electron chi connectivity index (χ0n) is 16.8. The van der Waals surface area contributed by atoms with Crippen molar-refractivity contribution in [2.24, 2.45) is 0 Å². The van der Waals surface area contributed by atoms with Gasteiger partial charge in [-0.15, -0.1) is 0 Å². The number of carbonyl (C=O) groups excluding carboxylic acids is 1. The van der Waals surface area contributed by atoms with Crippen LogP contribution >= 0.6 is 0 Å². The van der Waals surface area contributed by atoms with Crippen molar-refractivity contribution in [2.75, 3.05) is 16.6 Å². The molecule has 0 radical (unpaired) electrons. The summed E-state index contributed by atoms with van der Waals surface area (Å²) in [6.07, 6.45) is -5.50. The van der Waals surface area contributed by atoms with E-state index in [1.165, 1.54) is 30.3 Å². The number of halogens is 3. The van der Waals surface area contributed by atoms with E-state index in [4.69, 9.17) is 9.47 Å². The first-order chi connectivity index (χ1) is 15.6. The van der Waals surface area contributed by atoms with E-state index in [9.17, 15) is 26.4 Å². The molecule has 1 atom stereocenters. The molecule has 1 amide bonds. The van der Waals surface area contributed by atoms with Gasteiger partial charge in [0.15, 0.2) is 11.5 Å². The minimum Gasteiger partial charge on any atom is -0.485 e. The lowest BCUT2D eigenvalue weighted by atomic mass is 10.2. The van der Waals surface area contributed by atoms with E-state index in [2.05, 4.69) is 10.0 Å². The van der Waals surface area contributed by atoms with Crippen LogP contribution in [-0.4, -0.2) is 27.0 Å². The Balaban J connectivity index is 1.42. The molecule has 3 aromatic carbocycles. The van der Waals surface area contributed by atoms with Crippen molar-refractivity contribution in [3.8, 4) is 11.5 Å². The molecule has 1 aliphatic heterocycles. The predicted molar refractivity (Wildman–Crippen MR) is 114 cm³/mol. The van der Waals surface area contributed by atoms with Crippen molar-refractivity contribution in [2.45, 2.75) is 17.2 Å². The number of amides is 1. The number of rotatable bonds is 5. The summed E-state index contributed by atoms with van der Waals surface area (Å²) >= 11 is 0. The number of fused-ring (bicyclic) bond motifs is 1. The summed E-state index contributed by atoms with van der Waals surface area (Å²) < 4.78 is 76.9. The number of nitrogens with one attached hydrogen (secondary N) is 2. The third-order valence-electron chi connectivity index (χ3n) is 4.68. The fourth-order valence-corrected chi connectivity index (χ4v) is 4.11. The lowest BCUT2D eigenvalue weighted by Crippen LogP contribution is -2.40. The van der Waals surface area contributed by atoms with Gasteiger partial charge in [-0.2, -0.15) is 13.2 Å². The summed E-state index contributed by atoms with van der Waals surface area (Å²) in [5.41, 5.74) is -0.894. The monoisotopic (exact) mass is 478 g/mol. The number of hydrogen-bond donors (Lipinski definition) is 2. The maximum absolute atomic E-state index is 12.9. The van der Waals surface area contributed by atoms with E-state index in [-0.39, 0.29) is 17.2 Å². The lowest BCUT2D eigenvalue weighted by molar-refractivity contribution is -0.137. The number of anilines is 2. The van der Waals surface area contributed by atoms with Crippen LogP contribution in [0.3, 0.4) is 0 Å². The molecular weight excluding hydrogens is 461 g/mol. The second-order valence-electron chi connectivity index (χ2n) is 7.06. The quantitative estimate of drug-likeness (QED) is 0.571. The van der Waals surface area contributed by atoms with Crippen molar-refractivity contribution < 1.29 is 35.9 Å². The highest BCUT2D eigenvalue weighted by Crippen LogP contribution is 2.32. The highest BCUT2D eigenvalue weighted by atomic mass is 32.2. The maximum atomic E-state index is 12.9. The molecule has 0 unspecified atom stereocenters. The van der Waals surface area contributed by atoms with Crippen LogP contribution in [0.5, 0.6) is 11.5 Å². The van der Waals surface area contributed by atoms with Crippen molar-refractivity contribution in [1.29, 1.82) is 0 Å². The van der Waals surface area contributed by atoms with E-state index in [1.807, 2.05) is 0 Å². The fraction of sp³-hybridized carbons (Fsp3) is 0.136. The zero-order chi connectivity index (χ0) is 23.6. The average Bonchev–Trinajstić information content (AvgIpc) is 2.78. The molecule has 0 saturated carbocycles. The summed E-state index contributed by atoms with van der Waals surface area (Å²) in [7, 11) is -4.15. The molecule has 7 nitrogen and oxygen atoms in total. The summed E-state index contributed by atoms with van der Waals surface area (Å²) in [6.45, 7) is 0.0101. The first kappa shape index (κ1) is 22.5. The Labute approximate surface area is 187 Å². The molecule has 33 heavy (non-hydrogen) atoms. The van der Waals surface area contributed by atoms with Crippen LogP contribution in [0, 0.1) is 0 Å². The summed E-state index contributed by atoms with van der Waals surface area (Å²) in [6, 6.07) is 15.9. The van der Waals surface area contributed by atoms with E-state index in [1.54, 1.807) is 24.3 Å². The summed E-state index contributed by atoms with van der Waals surface area (Å²) in [5.74, 6) is 0.484. The Morgan fingerprint density at radius 3 is 2.30 bits per heavy atom. The molecule has 0 aromatic heterocycles. The van der Waals surface area contributed by atoms with Gasteiger partial charge in [0.25, 0.3) is 15.9 Å².